The van der Waals surface area contributed by atoms with Gasteiger partial charge in [-0.1, -0.05) is 12.1 Å². The van der Waals surface area contributed by atoms with Crippen molar-refractivity contribution >= 4 is 11.6 Å². The topological polar surface area (TPSA) is 64.3 Å². The van der Waals surface area contributed by atoms with Gasteiger partial charge in [0.15, 0.2) is 0 Å². The van der Waals surface area contributed by atoms with E-state index in [1.54, 1.807) is 38.3 Å². The number of anilines is 1. The average molecular weight is 288 g/mol. The van der Waals surface area contributed by atoms with Crippen molar-refractivity contribution in [2.24, 2.45) is 5.73 Å². The van der Waals surface area contributed by atoms with Crippen LogP contribution in [0.25, 0.3) is 0 Å². The highest BCUT2D eigenvalue weighted by atomic mass is 19.1. The van der Waals surface area contributed by atoms with Gasteiger partial charge in [-0.15, -0.1) is 0 Å². The zero-order chi connectivity index (χ0) is 15.5. The monoisotopic (exact) mass is 288 g/mol. The summed E-state index contributed by atoms with van der Waals surface area (Å²) in [6.45, 7) is 1.66. The van der Waals surface area contributed by atoms with Gasteiger partial charge in [0.05, 0.1) is 7.11 Å². The van der Waals surface area contributed by atoms with E-state index in [1.165, 1.54) is 24.3 Å². The molecule has 0 bridgehead atoms. The quantitative estimate of drug-likeness (QED) is 0.889. The number of rotatable bonds is 5. The minimum atomic E-state index is -1.14. The fourth-order valence-corrected chi connectivity index (χ4v) is 2.02. The number of primary amides is 1. The zero-order valence-corrected chi connectivity index (χ0v) is 11.9. The first-order valence-electron chi connectivity index (χ1n) is 6.44. The molecule has 0 aliphatic rings. The number of ether oxygens (including phenoxy) is 1. The smallest absolute Gasteiger partial charge is 0.247 e. The summed E-state index contributed by atoms with van der Waals surface area (Å²) in [6, 6.07) is 12.8. The molecule has 1 unspecified atom stereocenters. The molecule has 2 aromatic carbocycles. The minimum Gasteiger partial charge on any atom is -0.497 e. The zero-order valence-electron chi connectivity index (χ0n) is 11.9. The van der Waals surface area contributed by atoms with E-state index < -0.39 is 11.4 Å². The lowest BCUT2D eigenvalue weighted by molar-refractivity contribution is -0.122. The first kappa shape index (κ1) is 14.8. The van der Waals surface area contributed by atoms with E-state index in [2.05, 4.69) is 5.32 Å². The third-order valence-electron chi connectivity index (χ3n) is 3.40. The summed E-state index contributed by atoms with van der Waals surface area (Å²) in [4.78, 5) is 11.9. The SMILES string of the molecule is COc1ccc(NC(C)(C(N)=O)c2ccc(F)cc2)cc1. The van der Waals surface area contributed by atoms with E-state index in [1.807, 2.05) is 0 Å². The predicted molar refractivity (Wildman–Crippen MR) is 79.6 cm³/mol. The normalized spacial score (nSPS) is 13.3. The Morgan fingerprint density at radius 2 is 1.71 bits per heavy atom. The van der Waals surface area contributed by atoms with Gasteiger partial charge in [-0.25, -0.2) is 4.39 Å². The highest BCUT2D eigenvalue weighted by molar-refractivity contribution is 5.89. The highest BCUT2D eigenvalue weighted by Crippen LogP contribution is 2.27. The first-order valence-corrected chi connectivity index (χ1v) is 6.44. The van der Waals surface area contributed by atoms with Crippen molar-refractivity contribution in [3.05, 3.63) is 59.9 Å². The van der Waals surface area contributed by atoms with Crippen LogP contribution in [-0.2, 0) is 10.3 Å². The molecular formula is C16H17FN2O2. The van der Waals surface area contributed by atoms with Crippen molar-refractivity contribution in [3.8, 4) is 5.75 Å². The van der Waals surface area contributed by atoms with Crippen molar-refractivity contribution in [3.63, 3.8) is 0 Å². The maximum atomic E-state index is 13.0. The van der Waals surface area contributed by atoms with Crippen LogP contribution in [0, 0.1) is 5.82 Å². The van der Waals surface area contributed by atoms with E-state index in [0.29, 0.717) is 17.0 Å². The molecule has 0 saturated carbocycles. The second kappa shape index (κ2) is 5.83. The van der Waals surface area contributed by atoms with E-state index in [-0.39, 0.29) is 5.82 Å². The molecule has 1 amide bonds. The van der Waals surface area contributed by atoms with Crippen molar-refractivity contribution in [1.29, 1.82) is 0 Å². The maximum Gasteiger partial charge on any atom is 0.247 e. The van der Waals surface area contributed by atoms with E-state index in [9.17, 15) is 9.18 Å². The molecule has 5 heteroatoms. The molecule has 0 aliphatic heterocycles. The van der Waals surface area contributed by atoms with Crippen molar-refractivity contribution < 1.29 is 13.9 Å². The van der Waals surface area contributed by atoms with Crippen LogP contribution in [0.1, 0.15) is 12.5 Å². The number of nitrogens with two attached hydrogens (primary N) is 1. The molecule has 0 radical (unpaired) electrons. The molecule has 110 valence electrons. The van der Waals surface area contributed by atoms with Gasteiger partial charge in [0, 0.05) is 5.69 Å². The highest BCUT2D eigenvalue weighted by Gasteiger charge is 2.33. The second-order valence-corrected chi connectivity index (χ2v) is 4.85. The number of benzene rings is 2. The average Bonchev–Trinajstić information content (AvgIpc) is 2.48. The molecule has 0 fully saturated rings. The summed E-state index contributed by atoms with van der Waals surface area (Å²) >= 11 is 0. The Morgan fingerprint density at radius 1 is 1.14 bits per heavy atom. The van der Waals surface area contributed by atoms with Crippen molar-refractivity contribution in [2.75, 3.05) is 12.4 Å². The Bertz CT molecular complexity index is 626. The Hall–Kier alpha value is -2.56. The molecule has 0 aromatic heterocycles. The van der Waals surface area contributed by atoms with Crippen LogP contribution >= 0.6 is 0 Å². The third-order valence-corrected chi connectivity index (χ3v) is 3.40. The maximum absolute atomic E-state index is 13.0. The summed E-state index contributed by atoms with van der Waals surface area (Å²) in [6.07, 6.45) is 0. The van der Waals surface area contributed by atoms with Crippen LogP contribution in [0.2, 0.25) is 0 Å². The van der Waals surface area contributed by atoms with Gasteiger partial charge in [-0.05, 0) is 48.9 Å². The Balaban J connectivity index is 2.33. The van der Waals surface area contributed by atoms with Crippen LogP contribution < -0.4 is 15.8 Å². The standard InChI is InChI=1S/C16H17FN2O2/c1-16(15(18)20,11-3-5-12(17)6-4-11)19-13-7-9-14(21-2)10-8-13/h3-10,19H,1-2H3,(H2,18,20). The predicted octanol–water partition coefficient (Wildman–Crippen LogP) is 2.65. The number of methoxy groups -OCH3 is 1. The number of halogens is 1. The van der Waals surface area contributed by atoms with Crippen LogP contribution in [-0.4, -0.2) is 13.0 Å². The Morgan fingerprint density at radius 3 is 2.19 bits per heavy atom. The first-order chi connectivity index (χ1) is 9.95. The van der Waals surface area contributed by atoms with Crippen LogP contribution in [0.4, 0.5) is 10.1 Å². The summed E-state index contributed by atoms with van der Waals surface area (Å²) in [7, 11) is 1.58. The molecule has 0 heterocycles. The van der Waals surface area contributed by atoms with E-state index >= 15 is 0 Å². The summed E-state index contributed by atoms with van der Waals surface area (Å²) in [5.74, 6) is -0.206. The molecule has 4 nitrogen and oxygen atoms in total. The number of hydrogen-bond acceptors (Lipinski definition) is 3. The van der Waals surface area contributed by atoms with Gasteiger partial charge in [-0.2, -0.15) is 0 Å². The number of nitrogens with one attached hydrogen (secondary N) is 1. The van der Waals surface area contributed by atoms with Gasteiger partial charge in [-0.3, -0.25) is 4.79 Å². The number of carbonyl (C=O) groups excluding carboxylic acids is 1. The molecule has 0 aliphatic carbocycles. The third kappa shape index (κ3) is 3.13. The largest absolute Gasteiger partial charge is 0.497 e. The number of hydrogen-bond donors (Lipinski definition) is 2. The Kier molecular flexibility index (Phi) is 4.12. The van der Waals surface area contributed by atoms with Gasteiger partial charge in [0.2, 0.25) is 5.91 Å². The molecule has 0 saturated heterocycles. The van der Waals surface area contributed by atoms with Gasteiger partial charge in [0.25, 0.3) is 0 Å². The molecule has 1 atom stereocenters. The van der Waals surface area contributed by atoms with Gasteiger partial charge >= 0.3 is 0 Å². The molecule has 0 spiro atoms. The van der Waals surface area contributed by atoms with Crippen LogP contribution in [0.5, 0.6) is 5.75 Å². The second-order valence-electron chi connectivity index (χ2n) is 4.85. The molecule has 2 rings (SSSR count). The van der Waals surface area contributed by atoms with Crippen molar-refractivity contribution in [2.45, 2.75) is 12.5 Å². The lowest BCUT2D eigenvalue weighted by atomic mass is 9.90. The Labute approximate surface area is 122 Å². The number of amides is 1. The fraction of sp³-hybridized carbons (Fsp3) is 0.188. The number of carbonyl (C=O) groups is 1. The van der Waals surface area contributed by atoms with Crippen molar-refractivity contribution in [1.82, 2.24) is 0 Å². The van der Waals surface area contributed by atoms with E-state index in [4.69, 9.17) is 10.5 Å². The van der Waals surface area contributed by atoms with E-state index in [0.717, 1.165) is 0 Å². The van der Waals surface area contributed by atoms with Crippen LogP contribution in [0.3, 0.4) is 0 Å². The van der Waals surface area contributed by atoms with Crippen LogP contribution in [0.15, 0.2) is 48.5 Å². The summed E-state index contributed by atoms with van der Waals surface area (Å²) in [5, 5.41) is 3.09. The summed E-state index contributed by atoms with van der Waals surface area (Å²) < 4.78 is 18.1. The molecule has 3 N–H and O–H groups in total. The molecule has 21 heavy (non-hydrogen) atoms. The summed E-state index contributed by atoms with van der Waals surface area (Å²) in [5.41, 5.74) is 5.69. The molecular weight excluding hydrogens is 271 g/mol. The van der Waals surface area contributed by atoms with Gasteiger partial charge in [0.1, 0.15) is 17.1 Å². The fourth-order valence-electron chi connectivity index (χ4n) is 2.02. The molecule has 2 aromatic rings. The van der Waals surface area contributed by atoms with Gasteiger partial charge < -0.3 is 15.8 Å². The lowest BCUT2D eigenvalue weighted by Gasteiger charge is -2.29. The minimum absolute atomic E-state index is 0.366. The lowest BCUT2D eigenvalue weighted by Crippen LogP contribution is -2.45.